The molecule has 0 saturated heterocycles. The van der Waals surface area contributed by atoms with Crippen LogP contribution in [0.4, 0.5) is 4.39 Å². The average molecular weight is 309 g/mol. The number of hydrogen-bond acceptors (Lipinski definition) is 1. The van der Waals surface area contributed by atoms with Crippen molar-refractivity contribution in [2.75, 3.05) is 5.88 Å². The summed E-state index contributed by atoms with van der Waals surface area (Å²) in [5.74, 6) is 8.20. The molecule has 2 rings (SSSR count). The van der Waals surface area contributed by atoms with E-state index < -0.39 is 0 Å². The van der Waals surface area contributed by atoms with Crippen LogP contribution in [-0.4, -0.2) is 12.0 Å². The number of halogens is 2. The van der Waals surface area contributed by atoms with Gasteiger partial charge in [-0.1, -0.05) is 25.7 Å². The van der Waals surface area contributed by atoms with Crippen LogP contribution in [-0.2, 0) is 0 Å². The van der Waals surface area contributed by atoms with E-state index in [0.717, 1.165) is 18.8 Å². The topological polar surface area (TPSA) is 9.23 Å². The van der Waals surface area contributed by atoms with E-state index in [4.69, 9.17) is 16.3 Å². The lowest BCUT2D eigenvalue weighted by atomic mass is 9.80. The molecule has 1 fully saturated rings. The standard InChI is InChI=1S/C18H22ClFO/c1-13-6-8-17(11-14(13)2)21-18-9-7-16(20)12-15(18)5-3-4-10-19/h7,9,12-14,17H,4,6,8,10-11H2,1-2H3. The largest absolute Gasteiger partial charge is 0.489 e. The lowest BCUT2D eigenvalue weighted by Gasteiger charge is -2.32. The molecule has 114 valence electrons. The van der Waals surface area contributed by atoms with Crippen molar-refractivity contribution in [3.63, 3.8) is 0 Å². The van der Waals surface area contributed by atoms with Gasteiger partial charge in [-0.2, -0.15) is 0 Å². The molecular weight excluding hydrogens is 287 g/mol. The minimum atomic E-state index is -0.289. The molecule has 0 aromatic heterocycles. The van der Waals surface area contributed by atoms with E-state index in [0.29, 0.717) is 29.5 Å². The Balaban J connectivity index is 2.11. The van der Waals surface area contributed by atoms with Crippen molar-refractivity contribution < 1.29 is 9.13 Å². The van der Waals surface area contributed by atoms with Crippen molar-refractivity contribution in [1.29, 1.82) is 0 Å². The van der Waals surface area contributed by atoms with Crippen molar-refractivity contribution in [2.45, 2.75) is 45.6 Å². The molecule has 0 spiro atoms. The van der Waals surface area contributed by atoms with Gasteiger partial charge in [0, 0.05) is 12.3 Å². The van der Waals surface area contributed by atoms with Crippen molar-refractivity contribution in [1.82, 2.24) is 0 Å². The lowest BCUT2D eigenvalue weighted by Crippen LogP contribution is -2.29. The van der Waals surface area contributed by atoms with E-state index in [-0.39, 0.29) is 11.9 Å². The number of rotatable bonds is 3. The molecule has 0 N–H and O–H groups in total. The molecule has 1 saturated carbocycles. The van der Waals surface area contributed by atoms with Crippen LogP contribution < -0.4 is 4.74 Å². The Morgan fingerprint density at radius 2 is 2.10 bits per heavy atom. The van der Waals surface area contributed by atoms with Crippen LogP contribution >= 0.6 is 11.6 Å². The Hall–Kier alpha value is -1.20. The second-order valence-corrected chi connectivity index (χ2v) is 6.27. The maximum absolute atomic E-state index is 13.4. The summed E-state index contributed by atoms with van der Waals surface area (Å²) < 4.78 is 19.5. The summed E-state index contributed by atoms with van der Waals surface area (Å²) in [7, 11) is 0. The van der Waals surface area contributed by atoms with Crippen LogP contribution in [0.3, 0.4) is 0 Å². The smallest absolute Gasteiger partial charge is 0.135 e. The molecule has 3 heteroatoms. The fourth-order valence-corrected chi connectivity index (χ4v) is 2.79. The normalized spacial score (nSPS) is 25.0. The van der Waals surface area contributed by atoms with E-state index in [2.05, 4.69) is 25.7 Å². The highest BCUT2D eigenvalue weighted by atomic mass is 35.5. The third-order valence-corrected chi connectivity index (χ3v) is 4.42. The first kappa shape index (κ1) is 16.2. The van der Waals surface area contributed by atoms with Crippen LogP contribution in [0.5, 0.6) is 5.75 Å². The third-order valence-electron chi connectivity index (χ3n) is 4.23. The summed E-state index contributed by atoms with van der Waals surface area (Å²) in [5, 5.41) is 0. The SMILES string of the molecule is CC1CCC(Oc2ccc(F)cc2C#CCCCl)CC1C. The van der Waals surface area contributed by atoms with E-state index in [1.165, 1.54) is 18.6 Å². The number of benzene rings is 1. The fraction of sp³-hybridized carbons (Fsp3) is 0.556. The van der Waals surface area contributed by atoms with Crippen LogP contribution in [0, 0.1) is 29.5 Å². The molecule has 0 aliphatic heterocycles. The molecule has 1 aliphatic carbocycles. The Bertz CT molecular complexity index is 532. The monoisotopic (exact) mass is 308 g/mol. The van der Waals surface area contributed by atoms with Gasteiger partial charge in [-0.25, -0.2) is 4.39 Å². The van der Waals surface area contributed by atoms with Crippen LogP contribution in [0.1, 0.15) is 45.1 Å². The number of hydrogen-bond donors (Lipinski definition) is 0. The van der Waals surface area contributed by atoms with E-state index in [1.54, 1.807) is 6.07 Å². The Labute approximate surface area is 131 Å². The molecule has 3 unspecified atom stereocenters. The summed E-state index contributed by atoms with van der Waals surface area (Å²) in [4.78, 5) is 0. The van der Waals surface area contributed by atoms with Gasteiger partial charge in [0.25, 0.3) is 0 Å². The predicted octanol–water partition coefficient (Wildman–Crippen LogP) is 5.01. The summed E-state index contributed by atoms with van der Waals surface area (Å²) in [5.41, 5.74) is 0.617. The van der Waals surface area contributed by atoms with Gasteiger partial charge in [-0.15, -0.1) is 11.6 Å². The second-order valence-electron chi connectivity index (χ2n) is 5.89. The van der Waals surface area contributed by atoms with Gasteiger partial charge in [0.1, 0.15) is 11.6 Å². The minimum Gasteiger partial charge on any atom is -0.489 e. The van der Waals surface area contributed by atoms with Crippen molar-refractivity contribution in [3.05, 3.63) is 29.6 Å². The molecule has 1 aliphatic rings. The summed E-state index contributed by atoms with van der Waals surface area (Å²) in [6.07, 6.45) is 4.08. The first-order valence-corrected chi connectivity index (χ1v) is 8.14. The first-order valence-electron chi connectivity index (χ1n) is 7.61. The molecule has 0 radical (unpaired) electrons. The van der Waals surface area contributed by atoms with Gasteiger partial charge in [0.2, 0.25) is 0 Å². The van der Waals surface area contributed by atoms with Crippen LogP contribution in [0.2, 0.25) is 0 Å². The third kappa shape index (κ3) is 4.64. The van der Waals surface area contributed by atoms with Gasteiger partial charge in [0.05, 0.1) is 11.7 Å². The lowest BCUT2D eigenvalue weighted by molar-refractivity contribution is 0.100. The van der Waals surface area contributed by atoms with Gasteiger partial charge >= 0.3 is 0 Å². The second kappa shape index (κ2) is 7.71. The van der Waals surface area contributed by atoms with Crippen molar-refractivity contribution >= 4 is 11.6 Å². The van der Waals surface area contributed by atoms with Gasteiger partial charge in [-0.3, -0.25) is 0 Å². The molecule has 0 bridgehead atoms. The molecule has 21 heavy (non-hydrogen) atoms. The van der Waals surface area contributed by atoms with Crippen LogP contribution in [0.25, 0.3) is 0 Å². The maximum atomic E-state index is 13.4. The van der Waals surface area contributed by atoms with Gasteiger partial charge in [-0.05, 0) is 49.3 Å². The number of ether oxygens (including phenoxy) is 1. The van der Waals surface area contributed by atoms with Gasteiger partial charge in [0.15, 0.2) is 0 Å². The first-order chi connectivity index (χ1) is 10.1. The zero-order valence-electron chi connectivity index (χ0n) is 12.7. The minimum absolute atomic E-state index is 0.204. The fourth-order valence-electron chi connectivity index (χ4n) is 2.69. The molecular formula is C18H22ClFO. The van der Waals surface area contributed by atoms with Crippen molar-refractivity contribution in [2.24, 2.45) is 11.8 Å². The molecule has 3 atom stereocenters. The Kier molecular flexibility index (Phi) is 5.94. The molecule has 0 amide bonds. The number of alkyl halides is 1. The highest BCUT2D eigenvalue weighted by Gasteiger charge is 2.26. The summed E-state index contributed by atoms with van der Waals surface area (Å²) >= 11 is 5.62. The molecule has 1 aromatic rings. The Morgan fingerprint density at radius 3 is 2.81 bits per heavy atom. The Morgan fingerprint density at radius 1 is 1.29 bits per heavy atom. The van der Waals surface area contributed by atoms with Crippen LogP contribution in [0.15, 0.2) is 18.2 Å². The van der Waals surface area contributed by atoms with E-state index in [1.807, 2.05) is 0 Å². The summed E-state index contributed by atoms with van der Waals surface area (Å²) in [6.45, 7) is 4.56. The molecule has 1 aromatic carbocycles. The van der Waals surface area contributed by atoms with Crippen molar-refractivity contribution in [3.8, 4) is 17.6 Å². The zero-order chi connectivity index (χ0) is 15.2. The highest BCUT2D eigenvalue weighted by Crippen LogP contribution is 2.32. The highest BCUT2D eigenvalue weighted by molar-refractivity contribution is 6.18. The quantitative estimate of drug-likeness (QED) is 0.563. The molecule has 1 nitrogen and oxygen atoms in total. The van der Waals surface area contributed by atoms with E-state index >= 15 is 0 Å². The summed E-state index contributed by atoms with van der Waals surface area (Å²) in [6, 6.07) is 4.55. The van der Waals surface area contributed by atoms with E-state index in [9.17, 15) is 4.39 Å². The molecule has 0 heterocycles. The van der Waals surface area contributed by atoms with Gasteiger partial charge < -0.3 is 4.74 Å². The maximum Gasteiger partial charge on any atom is 0.135 e. The zero-order valence-corrected chi connectivity index (χ0v) is 13.4. The average Bonchev–Trinajstić information content (AvgIpc) is 2.46. The predicted molar refractivity (Wildman–Crippen MR) is 85.2 cm³/mol.